The van der Waals surface area contributed by atoms with E-state index in [0.29, 0.717) is 0 Å². The van der Waals surface area contributed by atoms with Gasteiger partial charge in [-0.3, -0.25) is 0 Å². The highest BCUT2D eigenvalue weighted by Crippen LogP contribution is 2.30. The van der Waals surface area contributed by atoms with Crippen LogP contribution in [-0.2, 0) is 0 Å². The second-order valence-electron chi connectivity index (χ2n) is 10.3. The molecule has 5 aromatic carbocycles. The van der Waals surface area contributed by atoms with Gasteiger partial charge in [-0.05, 0) is 12.1 Å². The van der Waals surface area contributed by atoms with Gasteiger partial charge in [0.1, 0.15) is 52.7 Å². The van der Waals surface area contributed by atoms with Crippen LogP contribution >= 0.6 is 9.24 Å². The van der Waals surface area contributed by atoms with Crippen molar-refractivity contribution in [2.45, 2.75) is 0 Å². The van der Waals surface area contributed by atoms with E-state index in [2.05, 4.69) is 12.1 Å². The molecule has 0 spiro atoms. The largest absolute Gasteiger partial charge is 0.207 e. The van der Waals surface area contributed by atoms with Crippen LogP contribution < -0.4 is 27.2 Å². The van der Waals surface area contributed by atoms with Crippen LogP contribution in [0.2, 0.25) is 0 Å². The van der Waals surface area contributed by atoms with E-state index < -0.39 is 144 Å². The SMILES string of the molecule is Fc1c(F)c(F)c([B-](c2c(F)c(F)c(F)c(F)c2F)(c2c(F)c(F)c(F)c(F)c2F)c2c(F)c(F)c(F)c(F)c2F)c(F)c1F.[PH3+]c1ccccc1. The molecule has 1 atom stereocenters. The van der Waals surface area contributed by atoms with Crippen molar-refractivity contribution in [3.63, 3.8) is 0 Å². The van der Waals surface area contributed by atoms with Crippen LogP contribution in [-0.4, -0.2) is 6.15 Å². The number of rotatable bonds is 4. The molecule has 5 aromatic rings. The minimum atomic E-state index is -7.22. The number of hydrogen-bond donors (Lipinski definition) is 0. The Hall–Kier alpha value is -4.81. The van der Waals surface area contributed by atoms with Gasteiger partial charge in [-0.1, -0.05) is 18.2 Å². The van der Waals surface area contributed by atoms with Gasteiger partial charge in [0.2, 0.25) is 0 Å². The van der Waals surface area contributed by atoms with Gasteiger partial charge in [0.05, 0.1) is 5.30 Å². The summed E-state index contributed by atoms with van der Waals surface area (Å²) in [6.45, 7) is 0. The molecule has 0 saturated heterocycles. The smallest absolute Gasteiger partial charge is 0.200 e. The molecule has 52 heavy (non-hydrogen) atoms. The second-order valence-corrected chi connectivity index (χ2v) is 11.1. The van der Waals surface area contributed by atoms with Crippen molar-refractivity contribution in [1.82, 2.24) is 0 Å². The van der Waals surface area contributed by atoms with Gasteiger partial charge in [0.25, 0.3) is 0 Å². The molecule has 276 valence electrons. The summed E-state index contributed by atoms with van der Waals surface area (Å²) >= 11 is 0. The van der Waals surface area contributed by atoms with Crippen LogP contribution in [0.15, 0.2) is 30.3 Å². The summed E-state index contributed by atoms with van der Waals surface area (Å²) in [5.74, 6) is -71.4. The number of benzene rings is 5. The highest BCUT2D eigenvalue weighted by Gasteiger charge is 2.52. The Morgan fingerprint density at radius 1 is 0.250 bits per heavy atom. The highest BCUT2D eigenvalue weighted by atomic mass is 31.0. The Morgan fingerprint density at radius 2 is 0.404 bits per heavy atom. The van der Waals surface area contributed by atoms with E-state index in [1.54, 1.807) is 0 Å². The Morgan fingerprint density at radius 3 is 0.538 bits per heavy atom. The van der Waals surface area contributed by atoms with Crippen molar-refractivity contribution >= 4 is 42.5 Å². The molecule has 0 aromatic heterocycles. The molecule has 0 aliphatic rings. The first-order valence-electron chi connectivity index (χ1n) is 13.2. The molecule has 0 radical (unpaired) electrons. The Bertz CT molecular complexity index is 1880. The fourth-order valence-corrected chi connectivity index (χ4v) is 5.62. The van der Waals surface area contributed by atoms with Gasteiger partial charge in [0.15, 0.2) is 69.8 Å². The molecule has 5 rings (SSSR count). The van der Waals surface area contributed by atoms with Crippen molar-refractivity contribution in [2.24, 2.45) is 0 Å². The van der Waals surface area contributed by atoms with Crippen LogP contribution in [0.4, 0.5) is 87.8 Å². The van der Waals surface area contributed by atoms with E-state index in [4.69, 9.17) is 0 Å². The fourth-order valence-electron chi connectivity index (χ4n) is 5.35. The van der Waals surface area contributed by atoms with E-state index in [1.807, 2.05) is 27.4 Å². The third kappa shape index (κ3) is 5.82. The minimum Gasteiger partial charge on any atom is -0.207 e. The van der Waals surface area contributed by atoms with Gasteiger partial charge in [-0.25, -0.2) is 87.8 Å². The summed E-state index contributed by atoms with van der Waals surface area (Å²) in [6, 6.07) is 10.3. The predicted molar refractivity (Wildman–Crippen MR) is 146 cm³/mol. The summed E-state index contributed by atoms with van der Waals surface area (Å²) < 4.78 is 294. The quantitative estimate of drug-likeness (QED) is 0.0621. The summed E-state index contributed by atoms with van der Waals surface area (Å²) in [5, 5.41) is 1.35. The average molecular weight is 790 g/mol. The Kier molecular flexibility index (Phi) is 11.0. The molecule has 0 aliphatic heterocycles. The van der Waals surface area contributed by atoms with Crippen LogP contribution in [0.1, 0.15) is 0 Å². The minimum absolute atomic E-state index is 1.35. The lowest BCUT2D eigenvalue weighted by Gasteiger charge is -2.44. The number of halogens is 20. The zero-order valence-corrected chi connectivity index (χ0v) is 25.6. The van der Waals surface area contributed by atoms with E-state index in [9.17, 15) is 52.7 Å². The Labute approximate surface area is 277 Å². The van der Waals surface area contributed by atoms with Crippen molar-refractivity contribution in [3.8, 4) is 0 Å². The van der Waals surface area contributed by atoms with Gasteiger partial charge in [-0.15, -0.1) is 21.9 Å². The third-order valence-corrected chi connectivity index (χ3v) is 8.02. The molecule has 0 saturated carbocycles. The molecule has 0 fully saturated rings. The zero-order chi connectivity index (χ0) is 39.5. The van der Waals surface area contributed by atoms with Crippen molar-refractivity contribution in [2.75, 3.05) is 0 Å². The van der Waals surface area contributed by atoms with Gasteiger partial charge >= 0.3 is 0 Å². The first-order chi connectivity index (χ1) is 24.1. The van der Waals surface area contributed by atoms with Crippen molar-refractivity contribution in [3.05, 3.63) is 147 Å². The lowest BCUT2D eigenvalue weighted by molar-refractivity contribution is 0.378. The summed E-state index contributed by atoms with van der Waals surface area (Å²) in [5.41, 5.74) is -14.3. The second kappa shape index (κ2) is 14.3. The molecule has 0 aliphatic carbocycles. The molecular formula is C30H8BF20P. The summed E-state index contributed by atoms with van der Waals surface area (Å²) in [6.07, 6.45) is -7.22. The molecule has 0 N–H and O–H groups in total. The monoisotopic (exact) mass is 790 g/mol. The van der Waals surface area contributed by atoms with Crippen molar-refractivity contribution in [1.29, 1.82) is 0 Å². The topological polar surface area (TPSA) is 0 Å². The van der Waals surface area contributed by atoms with E-state index in [0.717, 1.165) is 0 Å². The van der Waals surface area contributed by atoms with Crippen molar-refractivity contribution < 1.29 is 87.8 Å². The molecule has 0 heterocycles. The average Bonchev–Trinajstić information content (AvgIpc) is 3.12. The van der Waals surface area contributed by atoms with Crippen LogP contribution in [0.25, 0.3) is 0 Å². The molecule has 22 heteroatoms. The third-order valence-electron chi connectivity index (χ3n) is 7.55. The first-order valence-corrected chi connectivity index (χ1v) is 13.9. The summed E-state index contributed by atoms with van der Waals surface area (Å²) in [7, 11) is 1.90. The van der Waals surface area contributed by atoms with Crippen LogP contribution in [0.5, 0.6) is 0 Å². The standard InChI is InChI=1S/C24BF20.C6H7P/c26-5-1(6(27)14(35)21(42)13(5)34)25(2-7(28)15(36)22(43)16(37)8(2)29,3-9(30)17(38)23(44)18(39)10(3)31)4-11(32)19(40)24(45)20(41)12(4)33;7-6-4-2-1-3-5-6/h;1-5H,7H2/q-1;/p+1. The van der Waals surface area contributed by atoms with E-state index in [1.165, 1.54) is 5.30 Å². The fraction of sp³-hybridized carbons (Fsp3) is 0. The maximum atomic E-state index is 15.4. The Balaban J connectivity index is 0.000000771. The highest BCUT2D eigenvalue weighted by molar-refractivity contribution is 7.27. The number of hydrogen-bond acceptors (Lipinski definition) is 0. The molecule has 0 nitrogen and oxygen atoms in total. The lowest BCUT2D eigenvalue weighted by Crippen LogP contribution is -2.81. The lowest BCUT2D eigenvalue weighted by atomic mass is 9.12. The molecule has 1 unspecified atom stereocenters. The summed E-state index contributed by atoms with van der Waals surface area (Å²) in [4.78, 5) is 0. The zero-order valence-electron chi connectivity index (χ0n) is 24.2. The first kappa shape index (κ1) is 40.0. The maximum Gasteiger partial charge on any atom is 0.200 e. The van der Waals surface area contributed by atoms with Crippen LogP contribution in [0, 0.1) is 116 Å². The van der Waals surface area contributed by atoms with Gasteiger partial charge in [-0.2, -0.15) is 0 Å². The van der Waals surface area contributed by atoms with Gasteiger partial charge in [0, 0.05) is 9.24 Å². The maximum absolute atomic E-state index is 15.4. The molecule has 0 bridgehead atoms. The van der Waals surface area contributed by atoms with Gasteiger partial charge < -0.3 is 0 Å². The van der Waals surface area contributed by atoms with E-state index in [-0.39, 0.29) is 0 Å². The molecular weight excluding hydrogens is 782 g/mol. The van der Waals surface area contributed by atoms with E-state index >= 15 is 35.1 Å². The van der Waals surface area contributed by atoms with Crippen LogP contribution in [0.3, 0.4) is 0 Å². The normalized spacial score (nSPS) is 11.6. The molecule has 0 amide bonds. The predicted octanol–water partition coefficient (Wildman–Crippen LogP) is 6.77.